The minimum Gasteiger partial charge on any atom is -0.378 e. The first-order chi connectivity index (χ1) is 16.8. The van der Waals surface area contributed by atoms with E-state index in [-0.39, 0.29) is 6.10 Å². The fourth-order valence-corrected chi connectivity index (χ4v) is 5.44. The number of amides is 2. The van der Waals surface area contributed by atoms with Gasteiger partial charge in [-0.05, 0) is 50.5 Å². The number of aromatic nitrogens is 2. The molecule has 180 valence electrons. The third-order valence-electron chi connectivity index (χ3n) is 6.26. The van der Waals surface area contributed by atoms with E-state index >= 15 is 0 Å². The number of H-pyrrole nitrogens is 1. The number of ether oxygens (including phenoxy) is 1. The first-order valence-corrected chi connectivity index (χ1v) is 12.7. The number of nitrogens with zero attached hydrogens (tertiary/aromatic N) is 2. The maximum Gasteiger partial charge on any atom is 0.259 e. The third kappa shape index (κ3) is 4.38. The van der Waals surface area contributed by atoms with Crippen molar-refractivity contribution < 1.29 is 14.3 Å². The van der Waals surface area contributed by atoms with Gasteiger partial charge in [0.1, 0.15) is 0 Å². The van der Waals surface area contributed by atoms with Gasteiger partial charge in [0.05, 0.1) is 23.8 Å². The molecular weight excluding hydrogens is 576 g/mol. The van der Waals surface area contributed by atoms with Crippen LogP contribution in [0.3, 0.4) is 0 Å². The third-order valence-corrected chi connectivity index (χ3v) is 7.25. The molecule has 1 atom stereocenters. The molecule has 4 aromatic rings. The highest BCUT2D eigenvalue weighted by Gasteiger charge is 2.35. The van der Waals surface area contributed by atoms with Crippen molar-refractivity contribution >= 4 is 76.6 Å². The quantitative estimate of drug-likeness (QED) is 0.299. The molecular formula is C26H24Br2N4O3. The van der Waals surface area contributed by atoms with Crippen LogP contribution in [-0.2, 0) is 20.9 Å². The van der Waals surface area contributed by atoms with Crippen LogP contribution < -0.4 is 5.32 Å². The monoisotopic (exact) mass is 598 g/mol. The van der Waals surface area contributed by atoms with Crippen LogP contribution in [-0.4, -0.2) is 60.1 Å². The van der Waals surface area contributed by atoms with E-state index in [9.17, 15) is 9.59 Å². The molecule has 1 aliphatic heterocycles. The fraction of sp³-hybridized carbons (Fsp3) is 0.231. The van der Waals surface area contributed by atoms with E-state index in [0.717, 1.165) is 37.3 Å². The summed E-state index contributed by atoms with van der Waals surface area (Å²) in [5, 5.41) is 4.27. The lowest BCUT2D eigenvalue weighted by Gasteiger charge is -2.20. The zero-order chi connectivity index (χ0) is 24.9. The molecule has 1 aliphatic rings. The minimum absolute atomic E-state index is 0.0458. The fourth-order valence-electron chi connectivity index (χ4n) is 4.72. The Labute approximate surface area is 219 Å². The first kappa shape index (κ1) is 24.0. The van der Waals surface area contributed by atoms with Crippen molar-refractivity contribution in [2.75, 3.05) is 27.7 Å². The standard InChI is InChI=1S/C26H24Br2N4O3/c1-31(2)11-16(35-3)12-32-13-20(18-9-15(28)5-7-22(18)32)24-23(25(33)30-26(24)34)19-10-29-21-6-4-14(27)8-17(19)21/h4-10,13,16,29H,11-12H2,1-3H3,(H,30,33,34). The molecule has 3 heterocycles. The molecule has 5 rings (SSSR count). The summed E-state index contributed by atoms with van der Waals surface area (Å²) in [7, 11) is 5.72. The highest BCUT2D eigenvalue weighted by molar-refractivity contribution is 9.10. The van der Waals surface area contributed by atoms with Gasteiger partial charge in [0.2, 0.25) is 0 Å². The molecule has 2 aromatic carbocycles. The summed E-state index contributed by atoms with van der Waals surface area (Å²) >= 11 is 7.08. The zero-order valence-corrected chi connectivity index (χ0v) is 22.7. The number of hydrogen-bond acceptors (Lipinski definition) is 4. The topological polar surface area (TPSA) is 79.4 Å². The van der Waals surface area contributed by atoms with Gasteiger partial charge in [-0.1, -0.05) is 31.9 Å². The van der Waals surface area contributed by atoms with Crippen molar-refractivity contribution in [3.05, 3.63) is 68.9 Å². The highest BCUT2D eigenvalue weighted by atomic mass is 79.9. The van der Waals surface area contributed by atoms with E-state index in [1.54, 1.807) is 13.3 Å². The highest BCUT2D eigenvalue weighted by Crippen LogP contribution is 2.39. The Hall–Kier alpha value is -2.72. The van der Waals surface area contributed by atoms with Crippen molar-refractivity contribution in [3.8, 4) is 0 Å². The lowest BCUT2D eigenvalue weighted by Crippen LogP contribution is -2.31. The predicted octanol–water partition coefficient (Wildman–Crippen LogP) is 4.79. The van der Waals surface area contributed by atoms with E-state index in [1.807, 2.05) is 56.7 Å². The summed E-state index contributed by atoms with van der Waals surface area (Å²) in [5.74, 6) is -0.797. The van der Waals surface area contributed by atoms with Crippen LogP contribution in [0.25, 0.3) is 33.0 Å². The van der Waals surface area contributed by atoms with E-state index in [0.29, 0.717) is 28.8 Å². The van der Waals surface area contributed by atoms with Crippen LogP contribution in [0.4, 0.5) is 0 Å². The number of imide groups is 1. The van der Waals surface area contributed by atoms with Crippen molar-refractivity contribution in [2.24, 2.45) is 0 Å². The van der Waals surface area contributed by atoms with Gasteiger partial charge in [-0.15, -0.1) is 0 Å². The van der Waals surface area contributed by atoms with E-state index < -0.39 is 11.8 Å². The number of halogens is 2. The number of methoxy groups -OCH3 is 1. The number of likely N-dealkylation sites (N-methyl/N-ethyl adjacent to an activating group) is 1. The molecule has 2 aromatic heterocycles. The van der Waals surface area contributed by atoms with Gasteiger partial charge >= 0.3 is 0 Å². The Bertz CT molecular complexity index is 1520. The van der Waals surface area contributed by atoms with Crippen molar-refractivity contribution in [1.29, 1.82) is 0 Å². The van der Waals surface area contributed by atoms with E-state index in [4.69, 9.17) is 4.74 Å². The average molecular weight is 600 g/mol. The molecule has 0 saturated carbocycles. The van der Waals surface area contributed by atoms with Gasteiger partial charge in [-0.3, -0.25) is 14.9 Å². The molecule has 1 unspecified atom stereocenters. The van der Waals surface area contributed by atoms with Gasteiger partial charge in [0.15, 0.2) is 0 Å². The van der Waals surface area contributed by atoms with Crippen LogP contribution in [0.2, 0.25) is 0 Å². The smallest absolute Gasteiger partial charge is 0.259 e. The number of aromatic amines is 1. The van der Waals surface area contributed by atoms with Crippen molar-refractivity contribution in [1.82, 2.24) is 19.8 Å². The number of nitrogens with one attached hydrogen (secondary N) is 2. The van der Waals surface area contributed by atoms with Crippen LogP contribution in [0.15, 0.2) is 57.7 Å². The number of hydrogen-bond donors (Lipinski definition) is 2. The van der Waals surface area contributed by atoms with Gasteiger partial charge in [-0.2, -0.15) is 0 Å². The summed E-state index contributed by atoms with van der Waals surface area (Å²) in [4.78, 5) is 31.6. The zero-order valence-electron chi connectivity index (χ0n) is 19.5. The summed E-state index contributed by atoms with van der Waals surface area (Å²) in [6.07, 6.45) is 3.70. The number of carbonyl (C=O) groups is 2. The molecule has 0 fully saturated rings. The molecule has 2 amide bonds. The van der Waals surface area contributed by atoms with Gasteiger partial charge in [0.25, 0.3) is 11.8 Å². The van der Waals surface area contributed by atoms with Crippen LogP contribution in [0, 0.1) is 0 Å². The molecule has 35 heavy (non-hydrogen) atoms. The van der Waals surface area contributed by atoms with Crippen molar-refractivity contribution in [2.45, 2.75) is 12.6 Å². The Kier molecular flexibility index (Phi) is 6.43. The summed E-state index contributed by atoms with van der Waals surface area (Å²) in [6.45, 7) is 1.35. The van der Waals surface area contributed by atoms with Gasteiger partial charge in [0, 0.05) is 67.9 Å². The molecule has 9 heteroatoms. The molecule has 0 spiro atoms. The molecule has 2 N–H and O–H groups in total. The lowest BCUT2D eigenvalue weighted by molar-refractivity contribution is -0.122. The maximum atomic E-state index is 13.2. The van der Waals surface area contributed by atoms with Crippen LogP contribution in [0.1, 0.15) is 11.1 Å². The largest absolute Gasteiger partial charge is 0.378 e. The minimum atomic E-state index is -0.399. The molecule has 0 bridgehead atoms. The molecule has 7 nitrogen and oxygen atoms in total. The molecule has 0 radical (unpaired) electrons. The number of fused-ring (bicyclic) bond motifs is 2. The second kappa shape index (κ2) is 9.39. The van der Waals surface area contributed by atoms with Crippen LogP contribution in [0.5, 0.6) is 0 Å². The van der Waals surface area contributed by atoms with E-state index in [1.165, 1.54) is 0 Å². The average Bonchev–Trinajstić information content (AvgIpc) is 3.45. The van der Waals surface area contributed by atoms with Gasteiger partial charge < -0.3 is 19.2 Å². The maximum absolute atomic E-state index is 13.2. The Morgan fingerprint density at radius 1 is 0.971 bits per heavy atom. The SMILES string of the molecule is COC(CN(C)C)Cn1cc(C2=C(c3c[nH]c4ccc(Br)cc34)C(=O)NC2=O)c2cc(Br)ccc21. The molecule has 0 saturated heterocycles. The number of carbonyl (C=O) groups excluding carboxylic acids is 2. The number of rotatable bonds is 7. The van der Waals surface area contributed by atoms with Gasteiger partial charge in [-0.25, -0.2) is 0 Å². The lowest BCUT2D eigenvalue weighted by atomic mass is 9.95. The number of benzene rings is 2. The van der Waals surface area contributed by atoms with Crippen molar-refractivity contribution in [3.63, 3.8) is 0 Å². The van der Waals surface area contributed by atoms with E-state index in [2.05, 4.69) is 51.6 Å². The summed E-state index contributed by atoms with van der Waals surface area (Å²) in [6, 6.07) is 11.8. The summed E-state index contributed by atoms with van der Waals surface area (Å²) < 4.78 is 9.61. The second-order valence-electron chi connectivity index (χ2n) is 8.90. The predicted molar refractivity (Wildman–Crippen MR) is 145 cm³/mol. The molecule has 0 aliphatic carbocycles. The van der Waals surface area contributed by atoms with Crippen LogP contribution >= 0.6 is 31.9 Å². The summed E-state index contributed by atoms with van der Waals surface area (Å²) in [5.41, 5.74) is 4.00. The Morgan fingerprint density at radius 2 is 1.63 bits per heavy atom. The Balaban J connectivity index is 1.73. The second-order valence-corrected chi connectivity index (χ2v) is 10.7. The normalized spacial score (nSPS) is 15.1. The first-order valence-electron chi connectivity index (χ1n) is 11.1. The Morgan fingerprint density at radius 3 is 2.31 bits per heavy atom.